The molecule has 0 aromatic heterocycles. The quantitative estimate of drug-likeness (QED) is 0.440. The average molecular weight is 316 g/mol. The van der Waals surface area contributed by atoms with Crippen LogP contribution in [0.25, 0.3) is 0 Å². The molecule has 0 bridgehead atoms. The zero-order chi connectivity index (χ0) is 17.4. The Hall–Kier alpha value is -1.64. The second-order valence-electron chi connectivity index (χ2n) is 7.43. The molecule has 0 aliphatic heterocycles. The van der Waals surface area contributed by atoms with Crippen LogP contribution in [-0.2, 0) is 14.3 Å². The number of ether oxygens (including phenoxy) is 1. The Labute approximate surface area is 139 Å². The highest BCUT2D eigenvalue weighted by atomic mass is 16.5. The minimum absolute atomic E-state index is 0.0303. The van der Waals surface area contributed by atoms with Gasteiger partial charge in [-0.25, -0.2) is 4.79 Å². The number of carbonyl (C=O) groups is 2. The largest absolute Gasteiger partial charge is 0.458 e. The highest BCUT2D eigenvalue weighted by molar-refractivity contribution is 5.97. The van der Waals surface area contributed by atoms with Crippen molar-refractivity contribution in [1.29, 1.82) is 0 Å². The van der Waals surface area contributed by atoms with E-state index in [9.17, 15) is 9.59 Å². The minimum atomic E-state index is -0.494. The van der Waals surface area contributed by atoms with Gasteiger partial charge in [0.05, 0.1) is 0 Å². The van der Waals surface area contributed by atoms with Gasteiger partial charge in [0.1, 0.15) is 6.10 Å². The summed E-state index contributed by atoms with van der Waals surface area (Å²) < 4.78 is 5.86. The fraction of sp³-hybridized carbons (Fsp3) is 0.600. The Kier molecular flexibility index (Phi) is 4.98. The van der Waals surface area contributed by atoms with Crippen LogP contribution >= 0.6 is 0 Å². The molecule has 0 radical (unpaired) electrons. The molecule has 3 unspecified atom stereocenters. The molecule has 0 fully saturated rings. The monoisotopic (exact) mass is 316 g/mol. The lowest BCUT2D eigenvalue weighted by Crippen LogP contribution is -2.41. The Bertz CT molecular complexity index is 606. The van der Waals surface area contributed by atoms with Crippen molar-refractivity contribution in [2.24, 2.45) is 17.3 Å². The molecule has 2 rings (SSSR count). The summed E-state index contributed by atoms with van der Waals surface area (Å²) in [5, 5.41) is 0. The Morgan fingerprint density at radius 2 is 2.09 bits per heavy atom. The third-order valence-electron chi connectivity index (χ3n) is 5.32. The van der Waals surface area contributed by atoms with Gasteiger partial charge in [0, 0.05) is 23.3 Å². The molecule has 3 atom stereocenters. The molecule has 23 heavy (non-hydrogen) atoms. The van der Waals surface area contributed by atoms with Crippen molar-refractivity contribution in [1.82, 2.24) is 0 Å². The van der Waals surface area contributed by atoms with E-state index in [0.29, 0.717) is 17.9 Å². The fourth-order valence-corrected chi connectivity index (χ4v) is 3.77. The third kappa shape index (κ3) is 3.19. The highest BCUT2D eigenvalue weighted by Gasteiger charge is 2.51. The standard InChI is InChI=1S/C20H28O3/c1-7-14(5)19(22)23-16-10-13(4)11-17(21)20(6)9-8-15(12(2)3)18(16)20/h7-8,11-12,16,18H,9-10H2,1-6H3/b14-7-. The van der Waals surface area contributed by atoms with Gasteiger partial charge in [-0.1, -0.05) is 44.1 Å². The van der Waals surface area contributed by atoms with Crippen LogP contribution in [-0.4, -0.2) is 17.9 Å². The minimum Gasteiger partial charge on any atom is -0.458 e. The number of rotatable bonds is 3. The van der Waals surface area contributed by atoms with Crippen molar-refractivity contribution < 1.29 is 14.3 Å². The first-order valence-corrected chi connectivity index (χ1v) is 8.46. The predicted molar refractivity (Wildman–Crippen MR) is 91.8 cm³/mol. The Morgan fingerprint density at radius 3 is 2.65 bits per heavy atom. The van der Waals surface area contributed by atoms with Gasteiger partial charge in [-0.2, -0.15) is 0 Å². The van der Waals surface area contributed by atoms with E-state index in [4.69, 9.17) is 4.74 Å². The summed E-state index contributed by atoms with van der Waals surface area (Å²) in [6.07, 6.45) is 6.77. The molecule has 3 nitrogen and oxygen atoms in total. The zero-order valence-corrected chi connectivity index (χ0v) is 15.1. The van der Waals surface area contributed by atoms with Crippen LogP contribution in [0.3, 0.4) is 0 Å². The summed E-state index contributed by atoms with van der Waals surface area (Å²) in [5.74, 6) is 0.194. The molecule has 2 aliphatic rings. The van der Waals surface area contributed by atoms with E-state index in [1.165, 1.54) is 5.57 Å². The summed E-state index contributed by atoms with van der Waals surface area (Å²) in [5.41, 5.74) is 2.35. The molecular weight excluding hydrogens is 288 g/mol. The fourth-order valence-electron chi connectivity index (χ4n) is 3.77. The van der Waals surface area contributed by atoms with E-state index in [2.05, 4.69) is 19.9 Å². The van der Waals surface area contributed by atoms with Gasteiger partial charge >= 0.3 is 5.97 Å². The van der Waals surface area contributed by atoms with E-state index in [-0.39, 0.29) is 23.8 Å². The smallest absolute Gasteiger partial charge is 0.333 e. The summed E-state index contributed by atoms with van der Waals surface area (Å²) in [6.45, 7) is 11.8. The van der Waals surface area contributed by atoms with Gasteiger partial charge in [0.2, 0.25) is 0 Å². The number of ketones is 1. The Morgan fingerprint density at radius 1 is 1.43 bits per heavy atom. The molecule has 0 aromatic carbocycles. The lowest BCUT2D eigenvalue weighted by atomic mass is 9.70. The number of hydrogen-bond acceptors (Lipinski definition) is 3. The SMILES string of the molecule is C/C=C(/C)C(=O)OC1CC(C)=CC(=O)C2(C)CC=C(C(C)C)C12. The number of allylic oxidation sites excluding steroid dienone is 3. The van der Waals surface area contributed by atoms with Gasteiger partial charge in [0.15, 0.2) is 5.78 Å². The van der Waals surface area contributed by atoms with Crippen LogP contribution in [0.15, 0.2) is 34.9 Å². The van der Waals surface area contributed by atoms with Crippen LogP contribution in [0.5, 0.6) is 0 Å². The molecule has 0 saturated carbocycles. The van der Waals surface area contributed by atoms with Gasteiger partial charge in [-0.3, -0.25) is 4.79 Å². The number of hydrogen-bond donors (Lipinski definition) is 0. The summed E-state index contributed by atoms with van der Waals surface area (Å²) in [7, 11) is 0. The van der Waals surface area contributed by atoms with Crippen molar-refractivity contribution in [3.05, 3.63) is 34.9 Å². The average Bonchev–Trinajstić information content (AvgIpc) is 2.80. The molecule has 0 amide bonds. The first-order valence-electron chi connectivity index (χ1n) is 8.46. The third-order valence-corrected chi connectivity index (χ3v) is 5.32. The van der Waals surface area contributed by atoms with Crippen LogP contribution in [0.4, 0.5) is 0 Å². The lowest BCUT2D eigenvalue weighted by molar-refractivity contribution is -0.150. The van der Waals surface area contributed by atoms with E-state index in [0.717, 1.165) is 12.0 Å². The van der Waals surface area contributed by atoms with Crippen LogP contribution in [0, 0.1) is 17.3 Å². The lowest BCUT2D eigenvalue weighted by Gasteiger charge is -2.36. The second-order valence-corrected chi connectivity index (χ2v) is 7.43. The van der Waals surface area contributed by atoms with Gasteiger partial charge in [-0.05, 0) is 39.2 Å². The highest BCUT2D eigenvalue weighted by Crippen LogP contribution is 2.51. The van der Waals surface area contributed by atoms with E-state index in [1.807, 2.05) is 20.8 Å². The molecule has 0 aromatic rings. The number of fused-ring (bicyclic) bond motifs is 1. The van der Waals surface area contributed by atoms with Gasteiger partial charge < -0.3 is 4.74 Å². The molecule has 0 heterocycles. The van der Waals surface area contributed by atoms with Crippen molar-refractivity contribution in [2.75, 3.05) is 0 Å². The molecule has 2 aliphatic carbocycles. The number of esters is 1. The topological polar surface area (TPSA) is 43.4 Å². The normalized spacial score (nSPS) is 31.4. The second kappa shape index (κ2) is 6.46. The molecule has 0 N–H and O–H groups in total. The molecule has 0 saturated heterocycles. The van der Waals surface area contributed by atoms with Gasteiger partial charge in [-0.15, -0.1) is 0 Å². The maximum Gasteiger partial charge on any atom is 0.333 e. The van der Waals surface area contributed by atoms with E-state index in [1.54, 1.807) is 19.1 Å². The van der Waals surface area contributed by atoms with Crippen molar-refractivity contribution >= 4 is 11.8 Å². The van der Waals surface area contributed by atoms with Crippen molar-refractivity contribution in [2.45, 2.75) is 60.5 Å². The van der Waals surface area contributed by atoms with Crippen LogP contribution < -0.4 is 0 Å². The molecule has 3 heteroatoms. The zero-order valence-electron chi connectivity index (χ0n) is 15.1. The number of carbonyl (C=O) groups excluding carboxylic acids is 2. The van der Waals surface area contributed by atoms with Crippen LogP contribution in [0.1, 0.15) is 54.4 Å². The van der Waals surface area contributed by atoms with E-state index < -0.39 is 5.41 Å². The summed E-state index contributed by atoms with van der Waals surface area (Å²) >= 11 is 0. The van der Waals surface area contributed by atoms with Crippen LogP contribution in [0.2, 0.25) is 0 Å². The first-order chi connectivity index (χ1) is 10.7. The molecular formula is C20H28O3. The van der Waals surface area contributed by atoms with Crippen molar-refractivity contribution in [3.63, 3.8) is 0 Å². The first kappa shape index (κ1) is 17.7. The molecule has 126 valence electrons. The predicted octanol–water partition coefficient (Wildman–Crippen LogP) is 4.39. The summed E-state index contributed by atoms with van der Waals surface area (Å²) in [4.78, 5) is 25.1. The molecule has 0 spiro atoms. The summed E-state index contributed by atoms with van der Waals surface area (Å²) in [6, 6.07) is 0. The van der Waals surface area contributed by atoms with Gasteiger partial charge in [0.25, 0.3) is 0 Å². The maximum atomic E-state index is 12.8. The van der Waals surface area contributed by atoms with Crippen molar-refractivity contribution in [3.8, 4) is 0 Å². The maximum absolute atomic E-state index is 12.8. The van der Waals surface area contributed by atoms with E-state index >= 15 is 0 Å². The Balaban J connectivity index is 2.42.